The maximum Gasteiger partial charge on any atom is 0.255 e. The SMILES string of the molecule is O=C(Nc1ccc2nc(N3CCOCC3)sc2c1)c1ccc(Cn2cncn2)cc1. The Hall–Kier alpha value is -3.30. The Kier molecular flexibility index (Phi) is 5.12. The summed E-state index contributed by atoms with van der Waals surface area (Å²) in [7, 11) is 0. The molecule has 1 amide bonds. The van der Waals surface area contributed by atoms with Crippen molar-refractivity contribution in [2.75, 3.05) is 36.5 Å². The smallest absolute Gasteiger partial charge is 0.255 e. The number of thiazole rings is 1. The number of rotatable bonds is 5. The molecule has 1 saturated heterocycles. The van der Waals surface area contributed by atoms with Crippen molar-refractivity contribution < 1.29 is 9.53 Å². The third kappa shape index (κ3) is 4.03. The summed E-state index contributed by atoms with van der Waals surface area (Å²) in [5, 5.41) is 8.08. The summed E-state index contributed by atoms with van der Waals surface area (Å²) in [6.07, 6.45) is 3.17. The van der Waals surface area contributed by atoms with E-state index in [0.717, 1.165) is 52.9 Å². The zero-order chi connectivity index (χ0) is 20.3. The van der Waals surface area contributed by atoms with E-state index < -0.39 is 0 Å². The highest BCUT2D eigenvalue weighted by atomic mass is 32.1. The van der Waals surface area contributed by atoms with E-state index in [1.807, 2.05) is 42.5 Å². The van der Waals surface area contributed by atoms with Gasteiger partial charge in [-0.1, -0.05) is 23.5 Å². The van der Waals surface area contributed by atoms with Gasteiger partial charge in [-0.25, -0.2) is 14.6 Å². The number of amides is 1. The molecule has 152 valence electrons. The number of nitrogens with zero attached hydrogens (tertiary/aromatic N) is 5. The third-order valence-corrected chi connectivity index (χ3v) is 6.02. The predicted molar refractivity (Wildman–Crippen MR) is 116 cm³/mol. The number of benzene rings is 2. The van der Waals surface area contributed by atoms with Gasteiger partial charge in [0.2, 0.25) is 0 Å². The lowest BCUT2D eigenvalue weighted by atomic mass is 10.1. The van der Waals surface area contributed by atoms with Crippen LogP contribution >= 0.6 is 11.3 Å². The van der Waals surface area contributed by atoms with Crippen LogP contribution in [0.25, 0.3) is 10.2 Å². The van der Waals surface area contributed by atoms with Crippen molar-refractivity contribution in [3.05, 3.63) is 66.2 Å². The second-order valence-corrected chi connectivity index (χ2v) is 8.03. The molecule has 1 aliphatic rings. The van der Waals surface area contributed by atoms with E-state index in [9.17, 15) is 4.79 Å². The fourth-order valence-electron chi connectivity index (χ4n) is 3.35. The molecule has 0 aliphatic carbocycles. The Labute approximate surface area is 177 Å². The normalized spacial score (nSPS) is 14.2. The first-order chi connectivity index (χ1) is 14.7. The second kappa shape index (κ2) is 8.21. The topological polar surface area (TPSA) is 85.2 Å². The Bertz CT molecular complexity index is 1150. The maximum absolute atomic E-state index is 12.7. The zero-order valence-corrected chi connectivity index (χ0v) is 17.0. The van der Waals surface area contributed by atoms with Gasteiger partial charge >= 0.3 is 0 Å². The van der Waals surface area contributed by atoms with Crippen molar-refractivity contribution in [2.45, 2.75) is 6.54 Å². The summed E-state index contributed by atoms with van der Waals surface area (Å²) in [6.45, 7) is 3.80. The molecule has 0 spiro atoms. The van der Waals surface area contributed by atoms with E-state index in [0.29, 0.717) is 12.1 Å². The van der Waals surface area contributed by atoms with Gasteiger partial charge in [-0.3, -0.25) is 4.79 Å². The lowest BCUT2D eigenvalue weighted by Gasteiger charge is -2.25. The molecule has 1 fully saturated rings. The van der Waals surface area contributed by atoms with Crippen molar-refractivity contribution in [1.29, 1.82) is 0 Å². The first-order valence-electron chi connectivity index (χ1n) is 9.70. The van der Waals surface area contributed by atoms with Crippen molar-refractivity contribution in [2.24, 2.45) is 0 Å². The number of carbonyl (C=O) groups is 1. The zero-order valence-electron chi connectivity index (χ0n) is 16.2. The summed E-state index contributed by atoms with van der Waals surface area (Å²) in [4.78, 5) is 23.6. The number of aromatic nitrogens is 4. The molecule has 4 aromatic rings. The van der Waals surface area contributed by atoms with Crippen LogP contribution in [0.5, 0.6) is 0 Å². The molecule has 1 aliphatic heterocycles. The van der Waals surface area contributed by atoms with Crippen LogP contribution in [0.2, 0.25) is 0 Å². The number of hydrogen-bond acceptors (Lipinski definition) is 7. The summed E-state index contributed by atoms with van der Waals surface area (Å²) in [6, 6.07) is 13.3. The Balaban J connectivity index is 1.28. The molecule has 0 radical (unpaired) electrons. The van der Waals surface area contributed by atoms with Crippen LogP contribution < -0.4 is 10.2 Å². The molecule has 2 aromatic carbocycles. The first-order valence-corrected chi connectivity index (χ1v) is 10.5. The van der Waals surface area contributed by atoms with E-state index in [1.54, 1.807) is 22.3 Å². The number of carbonyl (C=O) groups excluding carboxylic acids is 1. The van der Waals surface area contributed by atoms with Crippen LogP contribution in [0.3, 0.4) is 0 Å². The highest BCUT2D eigenvalue weighted by Gasteiger charge is 2.16. The van der Waals surface area contributed by atoms with Gasteiger partial charge in [-0.15, -0.1) is 0 Å². The number of hydrogen-bond donors (Lipinski definition) is 1. The lowest BCUT2D eigenvalue weighted by molar-refractivity contribution is 0.102. The molecule has 0 saturated carbocycles. The highest BCUT2D eigenvalue weighted by molar-refractivity contribution is 7.22. The van der Waals surface area contributed by atoms with E-state index in [4.69, 9.17) is 9.72 Å². The maximum atomic E-state index is 12.7. The van der Waals surface area contributed by atoms with E-state index in [1.165, 1.54) is 6.33 Å². The van der Waals surface area contributed by atoms with Crippen molar-refractivity contribution in [1.82, 2.24) is 19.7 Å². The molecule has 5 rings (SSSR count). The van der Waals surface area contributed by atoms with Crippen LogP contribution in [-0.4, -0.2) is 52.0 Å². The molecule has 30 heavy (non-hydrogen) atoms. The number of fused-ring (bicyclic) bond motifs is 1. The van der Waals surface area contributed by atoms with Crippen molar-refractivity contribution in [3.8, 4) is 0 Å². The fraction of sp³-hybridized carbons (Fsp3) is 0.238. The van der Waals surface area contributed by atoms with Gasteiger partial charge in [0.1, 0.15) is 12.7 Å². The molecule has 0 bridgehead atoms. The van der Waals surface area contributed by atoms with Crippen molar-refractivity contribution in [3.63, 3.8) is 0 Å². The van der Waals surface area contributed by atoms with Gasteiger partial charge in [0, 0.05) is 24.3 Å². The largest absolute Gasteiger partial charge is 0.378 e. The number of ether oxygens (including phenoxy) is 1. The number of anilines is 2. The lowest BCUT2D eigenvalue weighted by Crippen LogP contribution is -2.36. The average Bonchev–Trinajstić information content (AvgIpc) is 3.44. The second-order valence-electron chi connectivity index (χ2n) is 7.02. The standard InChI is InChI=1S/C21H20N6O2S/c28-20(16-3-1-15(2-4-16)12-27-14-22-13-23-27)24-17-5-6-18-19(11-17)30-21(25-18)26-7-9-29-10-8-26/h1-6,11,13-14H,7-10,12H2,(H,24,28). The van der Waals surface area contributed by atoms with Gasteiger partial charge < -0.3 is 15.0 Å². The van der Waals surface area contributed by atoms with Gasteiger partial charge in [-0.2, -0.15) is 5.10 Å². The summed E-state index contributed by atoms with van der Waals surface area (Å²) >= 11 is 1.64. The minimum absolute atomic E-state index is 0.139. The van der Waals surface area contributed by atoms with E-state index in [-0.39, 0.29) is 5.91 Å². The van der Waals surface area contributed by atoms with Crippen LogP contribution in [0.1, 0.15) is 15.9 Å². The third-order valence-electron chi connectivity index (χ3n) is 4.94. The molecule has 9 heteroatoms. The average molecular weight is 420 g/mol. The summed E-state index contributed by atoms with van der Waals surface area (Å²) < 4.78 is 8.21. The number of morpholine rings is 1. The van der Waals surface area contributed by atoms with Gasteiger partial charge in [0.05, 0.1) is 30.0 Å². The van der Waals surface area contributed by atoms with Gasteiger partial charge in [-0.05, 0) is 35.9 Å². The predicted octanol–water partition coefficient (Wildman–Crippen LogP) is 3.03. The molecule has 2 aromatic heterocycles. The first kappa shape index (κ1) is 18.7. The quantitative estimate of drug-likeness (QED) is 0.534. The van der Waals surface area contributed by atoms with E-state index in [2.05, 4.69) is 20.3 Å². The minimum Gasteiger partial charge on any atom is -0.378 e. The van der Waals surface area contributed by atoms with Crippen LogP contribution in [-0.2, 0) is 11.3 Å². The van der Waals surface area contributed by atoms with E-state index >= 15 is 0 Å². The van der Waals surface area contributed by atoms with Crippen molar-refractivity contribution >= 4 is 38.3 Å². The van der Waals surface area contributed by atoms with Crippen LogP contribution in [0.15, 0.2) is 55.1 Å². The molecule has 3 heterocycles. The minimum atomic E-state index is -0.139. The van der Waals surface area contributed by atoms with Crippen LogP contribution in [0.4, 0.5) is 10.8 Å². The molecule has 1 N–H and O–H groups in total. The molecule has 0 unspecified atom stereocenters. The fourth-order valence-corrected chi connectivity index (χ4v) is 4.40. The molecular weight excluding hydrogens is 400 g/mol. The van der Waals surface area contributed by atoms with Gasteiger partial charge in [0.25, 0.3) is 5.91 Å². The Morgan fingerprint density at radius 1 is 1.13 bits per heavy atom. The summed E-state index contributed by atoms with van der Waals surface area (Å²) in [5.74, 6) is -0.139. The van der Waals surface area contributed by atoms with Crippen LogP contribution in [0, 0.1) is 0 Å². The van der Waals surface area contributed by atoms with Gasteiger partial charge in [0.15, 0.2) is 5.13 Å². The Morgan fingerprint density at radius 2 is 1.97 bits per heavy atom. The molecule has 8 nitrogen and oxygen atoms in total. The highest BCUT2D eigenvalue weighted by Crippen LogP contribution is 2.31. The molecular formula is C21H20N6O2S. The Morgan fingerprint density at radius 3 is 2.73 bits per heavy atom. The summed E-state index contributed by atoms with van der Waals surface area (Å²) in [5.41, 5.74) is 3.36. The monoisotopic (exact) mass is 420 g/mol. The number of nitrogens with one attached hydrogen (secondary N) is 1. The molecule has 0 atom stereocenters.